The molecule has 5 rings (SSSR count). The predicted octanol–water partition coefficient (Wildman–Crippen LogP) is 4.45. The molecule has 4 aliphatic heterocycles. The van der Waals surface area contributed by atoms with E-state index in [-0.39, 0.29) is 37.1 Å². The number of hydrogen-bond acceptors (Lipinski definition) is 8. The first kappa shape index (κ1) is 31.4. The predicted molar refractivity (Wildman–Crippen MR) is 158 cm³/mol. The maximum atomic E-state index is 14.0. The molecule has 1 spiro atoms. The lowest BCUT2D eigenvalue weighted by Gasteiger charge is -2.52. The maximum absolute atomic E-state index is 14.0. The summed E-state index contributed by atoms with van der Waals surface area (Å²) in [5, 5.41) is 34.4. The van der Waals surface area contributed by atoms with Gasteiger partial charge in [-0.15, -0.1) is 0 Å². The van der Waals surface area contributed by atoms with Gasteiger partial charge in [-0.3, -0.25) is 4.79 Å². The van der Waals surface area contributed by atoms with Crippen LogP contribution in [0.1, 0.15) is 73.6 Å². The SMILES string of the molecule is C/C=C(\C)[C@H]1O[C@@]2(CC3CC(C/C=C(\C)C[C@@H](C)/C=C/C=C4/COC5[C@H](O)C(C)=CC(C(=O)O3)[C@@]45O)O2)[C@H](O)C[C@@H]1C. The Morgan fingerprint density at radius 1 is 1.12 bits per heavy atom. The van der Waals surface area contributed by atoms with Gasteiger partial charge in [-0.25, -0.2) is 0 Å². The van der Waals surface area contributed by atoms with Crippen LogP contribution in [0.15, 0.2) is 58.7 Å². The number of aliphatic hydroxyl groups is 3. The van der Waals surface area contributed by atoms with Crippen molar-refractivity contribution in [3.05, 3.63) is 58.7 Å². The molecular weight excluding hydrogens is 536 g/mol. The topological polar surface area (TPSA) is 115 Å². The average Bonchev–Trinajstić information content (AvgIpc) is 3.27. The molecule has 0 saturated carbocycles. The fourth-order valence-electron chi connectivity index (χ4n) is 7.43. The van der Waals surface area contributed by atoms with Gasteiger partial charge >= 0.3 is 5.97 Å². The highest BCUT2D eigenvalue weighted by Crippen LogP contribution is 2.47. The summed E-state index contributed by atoms with van der Waals surface area (Å²) in [4.78, 5) is 14.0. The number of ether oxygens (including phenoxy) is 4. The van der Waals surface area contributed by atoms with Gasteiger partial charge in [0.2, 0.25) is 0 Å². The van der Waals surface area contributed by atoms with Crippen LogP contribution in [-0.2, 0) is 23.7 Å². The summed E-state index contributed by atoms with van der Waals surface area (Å²) < 4.78 is 25.3. The Hall–Kier alpha value is -2.07. The van der Waals surface area contributed by atoms with Crippen molar-refractivity contribution < 1.29 is 39.1 Å². The van der Waals surface area contributed by atoms with Crippen LogP contribution < -0.4 is 0 Å². The number of aliphatic hydroxyl groups excluding tert-OH is 2. The Kier molecular flexibility index (Phi) is 9.06. The maximum Gasteiger partial charge on any atom is 0.316 e. The van der Waals surface area contributed by atoms with E-state index in [0.717, 1.165) is 12.0 Å². The third-order valence-corrected chi connectivity index (χ3v) is 9.92. The number of carbonyl (C=O) groups excluding carboxylic acids is 1. The summed E-state index contributed by atoms with van der Waals surface area (Å²) in [6.45, 7) is 12.1. The summed E-state index contributed by atoms with van der Waals surface area (Å²) >= 11 is 0. The molecule has 3 saturated heterocycles. The van der Waals surface area contributed by atoms with Crippen LogP contribution in [0.4, 0.5) is 0 Å². The lowest BCUT2D eigenvalue weighted by molar-refractivity contribution is -0.363. The zero-order chi connectivity index (χ0) is 30.4. The quantitative estimate of drug-likeness (QED) is 0.306. The Balaban J connectivity index is 1.54. The van der Waals surface area contributed by atoms with Crippen LogP contribution in [0.5, 0.6) is 0 Å². The number of esters is 1. The molecule has 42 heavy (non-hydrogen) atoms. The first-order valence-corrected chi connectivity index (χ1v) is 15.5. The normalized spacial score (nSPS) is 48.3. The molecule has 1 aliphatic carbocycles. The van der Waals surface area contributed by atoms with Gasteiger partial charge in [-0.1, -0.05) is 55.9 Å². The molecule has 5 aliphatic rings. The van der Waals surface area contributed by atoms with Crippen LogP contribution >= 0.6 is 0 Å². The summed E-state index contributed by atoms with van der Waals surface area (Å²) in [6.07, 6.45) is 10.0. The van der Waals surface area contributed by atoms with Gasteiger partial charge in [0.1, 0.15) is 35.9 Å². The van der Waals surface area contributed by atoms with E-state index >= 15 is 0 Å². The van der Waals surface area contributed by atoms with Crippen molar-refractivity contribution in [1.82, 2.24) is 0 Å². The van der Waals surface area contributed by atoms with Crippen molar-refractivity contribution in [3.63, 3.8) is 0 Å². The minimum atomic E-state index is -1.75. The number of carbonyl (C=O) groups is 1. The zero-order valence-electron chi connectivity index (χ0n) is 25.8. The Morgan fingerprint density at radius 3 is 2.62 bits per heavy atom. The molecule has 0 aromatic heterocycles. The highest BCUT2D eigenvalue weighted by Gasteiger charge is 2.60. The van der Waals surface area contributed by atoms with E-state index in [9.17, 15) is 20.1 Å². The van der Waals surface area contributed by atoms with Gasteiger partial charge in [0.15, 0.2) is 5.79 Å². The molecule has 232 valence electrons. The minimum absolute atomic E-state index is 0.0922. The Bertz CT molecular complexity index is 1200. The first-order valence-electron chi connectivity index (χ1n) is 15.5. The van der Waals surface area contributed by atoms with Crippen molar-refractivity contribution in [2.24, 2.45) is 17.8 Å². The van der Waals surface area contributed by atoms with Crippen LogP contribution in [0.3, 0.4) is 0 Å². The zero-order valence-corrected chi connectivity index (χ0v) is 25.8. The average molecular weight is 585 g/mol. The molecule has 0 amide bonds. The Labute approximate surface area is 249 Å². The molecular formula is C34H48O8. The van der Waals surface area contributed by atoms with Gasteiger partial charge in [0.05, 0.1) is 18.8 Å². The van der Waals surface area contributed by atoms with Crippen molar-refractivity contribution in [2.45, 2.75) is 122 Å². The summed E-state index contributed by atoms with van der Waals surface area (Å²) in [7, 11) is 0. The Morgan fingerprint density at radius 2 is 1.88 bits per heavy atom. The van der Waals surface area contributed by atoms with Crippen LogP contribution in [-0.4, -0.2) is 75.9 Å². The number of allylic oxidation sites excluding steroid dienone is 5. The van der Waals surface area contributed by atoms with E-state index in [1.165, 1.54) is 5.57 Å². The summed E-state index contributed by atoms with van der Waals surface area (Å²) in [5.41, 5.74) is 1.62. The van der Waals surface area contributed by atoms with Crippen molar-refractivity contribution >= 4 is 5.97 Å². The van der Waals surface area contributed by atoms with Crippen molar-refractivity contribution in [2.75, 3.05) is 6.61 Å². The molecule has 11 atom stereocenters. The second kappa shape index (κ2) is 12.1. The molecule has 0 aromatic carbocycles. The van der Waals surface area contributed by atoms with E-state index in [1.807, 2.05) is 26.0 Å². The lowest BCUT2D eigenvalue weighted by Crippen LogP contribution is -2.62. The van der Waals surface area contributed by atoms with Crippen LogP contribution in [0.2, 0.25) is 0 Å². The first-order chi connectivity index (χ1) is 19.9. The molecule has 0 aromatic rings. The lowest BCUT2D eigenvalue weighted by atomic mass is 9.71. The molecule has 3 N–H and O–H groups in total. The standard InChI is InChI=1S/C34H48O8/c1-7-21(4)30-23(6)15-28(35)33(42-30)17-26-16-25(41-33)12-11-20(3)13-19(2)9-8-10-24-18-39-31-29(36)22(5)14-27(32(37)40-26)34(24,31)38/h7-11,14,19,23,25-31,35-36,38H,12-13,15-18H2,1-6H3/b9-8+,20-11+,21-7+,24-10-/t19-,23-,25?,26?,27?,28+,29+,30+,31?,33-,34-/m0/s1. The molecule has 2 bridgehead atoms. The molecule has 8 heteroatoms. The number of hydrogen-bond donors (Lipinski definition) is 3. The molecule has 8 nitrogen and oxygen atoms in total. The van der Waals surface area contributed by atoms with E-state index in [4.69, 9.17) is 18.9 Å². The fourth-order valence-corrected chi connectivity index (χ4v) is 7.43. The largest absolute Gasteiger partial charge is 0.462 e. The molecule has 4 heterocycles. The second-order valence-electron chi connectivity index (χ2n) is 13.3. The van der Waals surface area contributed by atoms with Gasteiger partial charge < -0.3 is 34.3 Å². The van der Waals surface area contributed by atoms with Crippen LogP contribution in [0.25, 0.3) is 0 Å². The monoisotopic (exact) mass is 584 g/mol. The second-order valence-corrected chi connectivity index (χ2v) is 13.3. The number of rotatable bonds is 1. The summed E-state index contributed by atoms with van der Waals surface area (Å²) in [5.74, 6) is -2.65. The number of fused-ring (bicyclic) bond motifs is 2. The third kappa shape index (κ3) is 5.74. The summed E-state index contributed by atoms with van der Waals surface area (Å²) in [6, 6.07) is 0. The van der Waals surface area contributed by atoms with Gasteiger partial charge in [-0.05, 0) is 75.5 Å². The molecule has 4 unspecified atom stereocenters. The van der Waals surface area contributed by atoms with E-state index in [1.54, 1.807) is 19.1 Å². The van der Waals surface area contributed by atoms with Gasteiger partial charge in [0, 0.05) is 12.8 Å². The molecule has 0 radical (unpaired) electrons. The van der Waals surface area contributed by atoms with E-state index in [2.05, 4.69) is 32.9 Å². The fraction of sp³-hybridized carbons (Fsp3) is 0.676. The van der Waals surface area contributed by atoms with Gasteiger partial charge in [0.25, 0.3) is 0 Å². The van der Waals surface area contributed by atoms with E-state index in [0.29, 0.717) is 30.4 Å². The van der Waals surface area contributed by atoms with Gasteiger partial charge in [-0.2, -0.15) is 0 Å². The highest BCUT2D eigenvalue weighted by atomic mass is 16.7. The van der Waals surface area contributed by atoms with E-state index < -0.39 is 47.7 Å². The van der Waals surface area contributed by atoms with Crippen molar-refractivity contribution in [3.8, 4) is 0 Å². The third-order valence-electron chi connectivity index (χ3n) is 9.92. The molecule has 3 fully saturated rings. The highest BCUT2D eigenvalue weighted by molar-refractivity contribution is 5.78. The minimum Gasteiger partial charge on any atom is -0.462 e. The van der Waals surface area contributed by atoms with Crippen molar-refractivity contribution in [1.29, 1.82) is 0 Å². The van der Waals surface area contributed by atoms with Crippen LogP contribution in [0, 0.1) is 17.8 Å². The smallest absolute Gasteiger partial charge is 0.316 e.